The Morgan fingerprint density at radius 3 is 2.21 bits per heavy atom. The van der Waals surface area contributed by atoms with Gasteiger partial charge in [0.2, 0.25) is 0 Å². The van der Waals surface area contributed by atoms with Gasteiger partial charge >= 0.3 is 0 Å². The molecule has 280 valence electrons. The van der Waals surface area contributed by atoms with Crippen molar-refractivity contribution in [1.29, 1.82) is 0 Å². The molecule has 6 aromatic rings. The number of rotatable bonds is 3. The monoisotopic (exact) mass is 754 g/mol. The first-order valence-corrected chi connectivity index (χ1v) is 23.4. The Morgan fingerprint density at radius 1 is 0.614 bits per heavy atom. The van der Waals surface area contributed by atoms with E-state index in [9.17, 15) is 0 Å². The summed E-state index contributed by atoms with van der Waals surface area (Å²) in [7, 11) is -1.02. The third-order valence-corrected chi connectivity index (χ3v) is 16.5. The number of fused-ring (bicyclic) bond motifs is 9. The third-order valence-electron chi connectivity index (χ3n) is 13.9. The van der Waals surface area contributed by atoms with Crippen LogP contribution < -0.4 is 0 Å². The molecule has 5 aliphatic rings. The summed E-state index contributed by atoms with van der Waals surface area (Å²) in [5.41, 5.74) is 19.3. The SMILES string of the molecule is Cc1cc(C)cc(-c2c3ccc(-c4ccc5c(c4)C(C)(C)C4C=CC=CC54)cc3c(C3=C4C=CC=CC4CC=C3)c3cc4c(cc23)-c2ccccc2S(C)(C)C4)c1. The second-order valence-corrected chi connectivity index (χ2v) is 22.1. The summed E-state index contributed by atoms with van der Waals surface area (Å²) in [5, 5.41) is 5.38. The minimum absolute atomic E-state index is 0.0639. The second kappa shape index (κ2) is 12.6. The van der Waals surface area contributed by atoms with Crippen LogP contribution in [0.25, 0.3) is 60.5 Å². The lowest BCUT2D eigenvalue weighted by atomic mass is 9.74. The largest absolute Gasteiger partial charge is 0.216 e. The Bertz CT molecular complexity index is 2910. The molecule has 1 heterocycles. The van der Waals surface area contributed by atoms with Crippen LogP contribution in [0.1, 0.15) is 59.6 Å². The molecule has 3 unspecified atom stereocenters. The standard InChI is InChI=1S/C56H50S/c1-34-26-35(2)28-39(27-34)54-46-25-23-37(38-22-24-43-42-17-9-11-20-51(42)56(3,4)52(43)31-38)29-48(46)55(45-19-13-15-36-14-7-8-16-41(36)45)49-30-40-33-57(5,6)53-21-12-10-18-44(53)47(40)32-50(49)54/h7-14,16-32,36,42,51H,15,33H2,1-6H3. The molecule has 11 rings (SSSR count). The van der Waals surface area contributed by atoms with Gasteiger partial charge in [-0.05, 0) is 162 Å². The Balaban J connectivity index is 1.26. The Hall–Kier alpha value is -5.37. The van der Waals surface area contributed by atoms with E-state index in [1.54, 1.807) is 0 Å². The van der Waals surface area contributed by atoms with E-state index < -0.39 is 10.0 Å². The quantitative estimate of drug-likeness (QED) is 0.158. The Kier molecular flexibility index (Phi) is 7.68. The number of allylic oxidation sites excluding steroid dienone is 12. The molecule has 4 aliphatic carbocycles. The van der Waals surface area contributed by atoms with Crippen molar-refractivity contribution in [3.05, 3.63) is 191 Å². The van der Waals surface area contributed by atoms with Gasteiger partial charge in [0.25, 0.3) is 0 Å². The fourth-order valence-electron chi connectivity index (χ4n) is 11.3. The van der Waals surface area contributed by atoms with Gasteiger partial charge < -0.3 is 0 Å². The zero-order chi connectivity index (χ0) is 38.8. The molecule has 3 atom stereocenters. The van der Waals surface area contributed by atoms with Gasteiger partial charge in [-0.25, -0.2) is 10.0 Å². The molecule has 0 radical (unpaired) electrons. The molecule has 0 amide bonds. The predicted molar refractivity (Wildman–Crippen MR) is 249 cm³/mol. The molecule has 0 fully saturated rings. The normalized spacial score (nSPS) is 22.3. The summed E-state index contributed by atoms with van der Waals surface area (Å²) in [5.74, 6) is 2.42. The molecule has 0 aromatic heterocycles. The summed E-state index contributed by atoms with van der Waals surface area (Å²) in [6.07, 6.45) is 29.5. The van der Waals surface area contributed by atoms with Crippen molar-refractivity contribution in [3.8, 4) is 33.4 Å². The van der Waals surface area contributed by atoms with Gasteiger partial charge in [0, 0.05) is 17.6 Å². The summed E-state index contributed by atoms with van der Waals surface area (Å²) < 4.78 is 0. The molecular weight excluding hydrogens is 705 g/mol. The van der Waals surface area contributed by atoms with Crippen LogP contribution in [0.5, 0.6) is 0 Å². The van der Waals surface area contributed by atoms with Crippen molar-refractivity contribution in [3.63, 3.8) is 0 Å². The lowest BCUT2D eigenvalue weighted by Gasteiger charge is -2.39. The van der Waals surface area contributed by atoms with Crippen LogP contribution in [0.15, 0.2) is 162 Å². The van der Waals surface area contributed by atoms with Crippen LogP contribution in [0.2, 0.25) is 0 Å². The average Bonchev–Trinajstić information content (AvgIpc) is 3.44. The minimum Gasteiger partial charge on any atom is -0.216 e. The maximum atomic E-state index is 2.62. The Labute approximate surface area is 340 Å². The average molecular weight is 755 g/mol. The van der Waals surface area contributed by atoms with Gasteiger partial charge in [0.15, 0.2) is 0 Å². The highest BCUT2D eigenvalue weighted by molar-refractivity contribution is 8.32. The van der Waals surface area contributed by atoms with E-state index in [-0.39, 0.29) is 5.41 Å². The van der Waals surface area contributed by atoms with Crippen LogP contribution in [-0.4, -0.2) is 12.5 Å². The fraction of sp³-hybridized carbons (Fsp3) is 0.214. The van der Waals surface area contributed by atoms with Crippen molar-refractivity contribution in [2.45, 2.75) is 56.1 Å². The van der Waals surface area contributed by atoms with Gasteiger partial charge in [-0.3, -0.25) is 0 Å². The van der Waals surface area contributed by atoms with E-state index in [1.807, 2.05) is 0 Å². The van der Waals surface area contributed by atoms with Crippen LogP contribution >= 0.6 is 10.0 Å². The first-order valence-electron chi connectivity index (χ1n) is 20.8. The van der Waals surface area contributed by atoms with E-state index in [4.69, 9.17) is 0 Å². The van der Waals surface area contributed by atoms with E-state index in [0.717, 1.165) is 12.2 Å². The second-order valence-electron chi connectivity index (χ2n) is 18.3. The molecule has 0 saturated heterocycles. The van der Waals surface area contributed by atoms with E-state index in [2.05, 4.69) is 192 Å². The Morgan fingerprint density at radius 2 is 1.35 bits per heavy atom. The predicted octanol–water partition coefficient (Wildman–Crippen LogP) is 15.1. The lowest BCUT2D eigenvalue weighted by Crippen LogP contribution is -2.24. The maximum Gasteiger partial charge on any atom is 0.00953 e. The first kappa shape index (κ1) is 34.8. The highest BCUT2D eigenvalue weighted by Crippen LogP contribution is 2.61. The number of aryl methyl sites for hydroxylation is 2. The molecule has 1 aliphatic heterocycles. The highest BCUT2D eigenvalue weighted by atomic mass is 32.3. The molecule has 0 saturated carbocycles. The maximum absolute atomic E-state index is 2.62. The molecule has 1 heteroatoms. The van der Waals surface area contributed by atoms with E-state index in [0.29, 0.717) is 17.8 Å². The number of benzene rings is 6. The first-order chi connectivity index (χ1) is 27.6. The van der Waals surface area contributed by atoms with Crippen molar-refractivity contribution < 1.29 is 0 Å². The highest BCUT2D eigenvalue weighted by Gasteiger charge is 2.44. The zero-order valence-corrected chi connectivity index (χ0v) is 34.8. The van der Waals surface area contributed by atoms with Crippen LogP contribution in [0.4, 0.5) is 0 Å². The van der Waals surface area contributed by atoms with Crippen molar-refractivity contribution in [1.82, 2.24) is 0 Å². The molecule has 57 heavy (non-hydrogen) atoms. The van der Waals surface area contributed by atoms with E-state index in [1.165, 1.54) is 104 Å². The summed E-state index contributed by atoms with van der Waals surface area (Å²) >= 11 is 0. The van der Waals surface area contributed by atoms with E-state index >= 15 is 0 Å². The fourth-order valence-corrected chi connectivity index (χ4v) is 13.7. The number of hydrogen-bond donors (Lipinski definition) is 0. The number of hydrogen-bond acceptors (Lipinski definition) is 0. The zero-order valence-electron chi connectivity index (χ0n) is 34.0. The van der Waals surface area contributed by atoms with Gasteiger partial charge in [0.1, 0.15) is 0 Å². The molecule has 0 N–H and O–H groups in total. The van der Waals surface area contributed by atoms with Crippen LogP contribution in [-0.2, 0) is 11.2 Å². The third kappa shape index (κ3) is 5.28. The topological polar surface area (TPSA) is 0 Å². The molecule has 0 spiro atoms. The van der Waals surface area contributed by atoms with Gasteiger partial charge in [-0.15, -0.1) is 0 Å². The summed E-state index contributed by atoms with van der Waals surface area (Å²) in [6, 6.07) is 36.3. The smallest absolute Gasteiger partial charge is 0.00953 e. The van der Waals surface area contributed by atoms with Crippen molar-refractivity contribution in [2.24, 2.45) is 11.8 Å². The van der Waals surface area contributed by atoms with Gasteiger partial charge in [-0.1, -0.05) is 152 Å². The molecule has 6 aromatic carbocycles. The minimum atomic E-state index is -1.02. The van der Waals surface area contributed by atoms with Crippen LogP contribution in [0.3, 0.4) is 0 Å². The van der Waals surface area contributed by atoms with Crippen LogP contribution in [0, 0.1) is 25.7 Å². The van der Waals surface area contributed by atoms with Gasteiger partial charge in [-0.2, -0.15) is 0 Å². The molecular formula is C56H50S. The van der Waals surface area contributed by atoms with Crippen molar-refractivity contribution >= 4 is 37.1 Å². The molecule has 0 bridgehead atoms. The van der Waals surface area contributed by atoms with Crippen molar-refractivity contribution in [2.75, 3.05) is 12.5 Å². The molecule has 0 nitrogen and oxygen atoms in total. The lowest BCUT2D eigenvalue weighted by molar-refractivity contribution is 0.394. The summed E-state index contributed by atoms with van der Waals surface area (Å²) in [6.45, 7) is 9.38. The summed E-state index contributed by atoms with van der Waals surface area (Å²) in [4.78, 5) is 1.53. The van der Waals surface area contributed by atoms with Gasteiger partial charge in [0.05, 0.1) is 0 Å².